The van der Waals surface area contributed by atoms with Gasteiger partial charge in [0.15, 0.2) is 0 Å². The van der Waals surface area contributed by atoms with Crippen molar-refractivity contribution >= 4 is 31.8 Å². The van der Waals surface area contributed by atoms with Crippen molar-refractivity contribution in [3.63, 3.8) is 0 Å². The lowest BCUT2D eigenvalue weighted by molar-refractivity contribution is 0.581. The fourth-order valence-electron chi connectivity index (χ4n) is 1.62. The van der Waals surface area contributed by atoms with Gasteiger partial charge in [-0.2, -0.15) is 0 Å². The molecule has 0 amide bonds. The van der Waals surface area contributed by atoms with E-state index in [0.717, 1.165) is 10.0 Å². The maximum Gasteiger partial charge on any atom is 0.241 e. The van der Waals surface area contributed by atoms with E-state index < -0.39 is 10.0 Å². The van der Waals surface area contributed by atoms with Crippen molar-refractivity contribution in [3.05, 3.63) is 52.6 Å². The first kappa shape index (κ1) is 15.0. The van der Waals surface area contributed by atoms with Crippen LogP contribution >= 0.6 is 15.9 Å². The van der Waals surface area contributed by atoms with Gasteiger partial charge in [0.2, 0.25) is 10.0 Å². The highest BCUT2D eigenvalue weighted by molar-refractivity contribution is 9.10. The molecule has 0 aliphatic heterocycles. The molecule has 1 heterocycles. The molecular weight excluding hydrogens is 342 g/mol. The third kappa shape index (κ3) is 3.78. The molecule has 0 aliphatic rings. The Hall–Kier alpha value is -1.44. The highest BCUT2D eigenvalue weighted by Gasteiger charge is 2.14. The summed E-state index contributed by atoms with van der Waals surface area (Å²) in [4.78, 5) is 4.18. The van der Waals surface area contributed by atoms with E-state index in [-0.39, 0.29) is 11.4 Å². The highest BCUT2D eigenvalue weighted by Crippen LogP contribution is 2.14. The molecule has 0 atom stereocenters. The summed E-state index contributed by atoms with van der Waals surface area (Å²) in [5.41, 5.74) is 0.880. The van der Waals surface area contributed by atoms with E-state index in [4.69, 9.17) is 0 Å². The monoisotopic (exact) mass is 355 g/mol. The van der Waals surface area contributed by atoms with E-state index in [1.807, 2.05) is 24.3 Å². The Morgan fingerprint density at radius 1 is 1.25 bits per heavy atom. The maximum atomic E-state index is 12.2. The van der Waals surface area contributed by atoms with Crippen LogP contribution in [-0.4, -0.2) is 20.4 Å². The van der Waals surface area contributed by atoms with Crippen LogP contribution in [0.15, 0.2) is 52.0 Å². The van der Waals surface area contributed by atoms with Gasteiger partial charge in [0.25, 0.3) is 0 Å². The number of aromatic nitrogens is 1. The van der Waals surface area contributed by atoms with Gasteiger partial charge in [0, 0.05) is 30.3 Å². The maximum absolute atomic E-state index is 12.2. The molecule has 0 fully saturated rings. The van der Waals surface area contributed by atoms with E-state index in [9.17, 15) is 8.42 Å². The predicted octanol–water partition coefficient (Wildman–Crippen LogP) is 2.36. The van der Waals surface area contributed by atoms with Gasteiger partial charge in [0.05, 0.1) is 4.90 Å². The van der Waals surface area contributed by atoms with Crippen LogP contribution < -0.4 is 10.0 Å². The normalized spacial score (nSPS) is 11.3. The Balaban J connectivity index is 2.15. The average molecular weight is 356 g/mol. The zero-order chi connectivity index (χ0) is 14.6. The zero-order valence-corrected chi connectivity index (χ0v) is 13.2. The number of pyridine rings is 1. The van der Waals surface area contributed by atoms with Crippen LogP contribution in [-0.2, 0) is 16.6 Å². The van der Waals surface area contributed by atoms with Gasteiger partial charge in [0.1, 0.15) is 5.82 Å². The summed E-state index contributed by atoms with van der Waals surface area (Å²) in [5.74, 6) is 0.510. The molecule has 0 radical (unpaired) electrons. The summed E-state index contributed by atoms with van der Waals surface area (Å²) >= 11 is 3.35. The van der Waals surface area contributed by atoms with Crippen LogP contribution in [0.1, 0.15) is 5.56 Å². The fourth-order valence-corrected chi connectivity index (χ4v) is 3.10. The van der Waals surface area contributed by atoms with Crippen molar-refractivity contribution in [2.45, 2.75) is 11.4 Å². The number of benzene rings is 1. The quantitative estimate of drug-likeness (QED) is 0.863. The number of nitrogens with zero attached hydrogens (tertiary/aromatic N) is 1. The van der Waals surface area contributed by atoms with Gasteiger partial charge in [-0.3, -0.25) is 0 Å². The first-order valence-electron chi connectivity index (χ1n) is 5.89. The van der Waals surface area contributed by atoms with E-state index >= 15 is 0 Å². The summed E-state index contributed by atoms with van der Waals surface area (Å²) in [6.45, 7) is 0.235. The van der Waals surface area contributed by atoms with Crippen LogP contribution in [0, 0.1) is 0 Å². The van der Waals surface area contributed by atoms with Gasteiger partial charge in [-0.1, -0.05) is 28.1 Å². The lowest BCUT2D eigenvalue weighted by Gasteiger charge is -2.08. The molecule has 2 N–H and O–H groups in total. The van der Waals surface area contributed by atoms with Gasteiger partial charge >= 0.3 is 0 Å². The summed E-state index contributed by atoms with van der Waals surface area (Å²) in [6.07, 6.45) is 1.46. The summed E-state index contributed by atoms with van der Waals surface area (Å²) in [6, 6.07) is 10.4. The van der Waals surface area contributed by atoms with Crippen LogP contribution in [0.4, 0.5) is 5.82 Å². The lowest BCUT2D eigenvalue weighted by atomic mass is 10.2. The van der Waals surface area contributed by atoms with Crippen molar-refractivity contribution in [1.29, 1.82) is 0 Å². The topological polar surface area (TPSA) is 71.1 Å². The molecule has 20 heavy (non-hydrogen) atoms. The molecule has 0 saturated heterocycles. The molecule has 1 aromatic carbocycles. The second-order valence-electron chi connectivity index (χ2n) is 4.08. The molecule has 1 aromatic heterocycles. The number of anilines is 1. The summed E-state index contributed by atoms with van der Waals surface area (Å²) in [5, 5.41) is 2.81. The average Bonchev–Trinajstić information content (AvgIpc) is 2.45. The van der Waals surface area contributed by atoms with Gasteiger partial charge in [-0.25, -0.2) is 18.1 Å². The molecule has 2 rings (SSSR count). The van der Waals surface area contributed by atoms with E-state index in [2.05, 4.69) is 31.0 Å². The summed E-state index contributed by atoms with van der Waals surface area (Å²) < 4.78 is 27.8. The van der Waals surface area contributed by atoms with Crippen LogP contribution in [0.3, 0.4) is 0 Å². The van der Waals surface area contributed by atoms with E-state index in [1.165, 1.54) is 18.3 Å². The van der Waals surface area contributed by atoms with E-state index in [0.29, 0.717) is 5.82 Å². The van der Waals surface area contributed by atoms with Gasteiger partial charge < -0.3 is 5.32 Å². The minimum absolute atomic E-state index is 0.187. The van der Waals surface area contributed by atoms with Crippen molar-refractivity contribution < 1.29 is 8.42 Å². The number of hydrogen-bond acceptors (Lipinski definition) is 4. The first-order chi connectivity index (χ1) is 9.51. The minimum Gasteiger partial charge on any atom is -0.373 e. The van der Waals surface area contributed by atoms with E-state index in [1.54, 1.807) is 7.05 Å². The number of sulfonamides is 1. The Morgan fingerprint density at radius 2 is 2.05 bits per heavy atom. The molecule has 0 aliphatic carbocycles. The molecule has 2 aromatic rings. The van der Waals surface area contributed by atoms with Crippen molar-refractivity contribution in [3.8, 4) is 0 Å². The second-order valence-corrected chi connectivity index (χ2v) is 6.76. The molecule has 7 heteroatoms. The second kappa shape index (κ2) is 6.34. The molecule has 0 saturated carbocycles. The molecule has 0 spiro atoms. The first-order valence-corrected chi connectivity index (χ1v) is 8.17. The Bertz CT molecular complexity index is 704. The summed E-state index contributed by atoms with van der Waals surface area (Å²) in [7, 11) is -1.86. The standard InChI is InChI=1S/C13H14BrN3O2S/c1-15-13-8-12(5-6-16-13)20(18,19)17-9-10-3-2-4-11(14)7-10/h2-8,17H,9H2,1H3,(H,15,16). The third-order valence-corrected chi connectivity index (χ3v) is 4.55. The third-order valence-electron chi connectivity index (χ3n) is 2.65. The van der Waals surface area contributed by atoms with Crippen molar-refractivity contribution in [1.82, 2.24) is 9.71 Å². The van der Waals surface area contributed by atoms with Crippen LogP contribution in [0.2, 0.25) is 0 Å². The SMILES string of the molecule is CNc1cc(S(=O)(=O)NCc2cccc(Br)c2)ccn1. The largest absolute Gasteiger partial charge is 0.373 e. The molecule has 5 nitrogen and oxygen atoms in total. The number of nitrogens with one attached hydrogen (secondary N) is 2. The van der Waals surface area contributed by atoms with Crippen LogP contribution in [0.25, 0.3) is 0 Å². The highest BCUT2D eigenvalue weighted by atomic mass is 79.9. The molecule has 106 valence electrons. The Kier molecular flexibility index (Phi) is 4.74. The number of rotatable bonds is 5. The Labute approximate surface area is 126 Å². The predicted molar refractivity (Wildman–Crippen MR) is 82.0 cm³/mol. The molecular formula is C13H14BrN3O2S. The number of halogens is 1. The molecule has 0 unspecified atom stereocenters. The minimum atomic E-state index is -3.55. The fraction of sp³-hybridized carbons (Fsp3) is 0.154. The smallest absolute Gasteiger partial charge is 0.241 e. The number of hydrogen-bond donors (Lipinski definition) is 2. The molecule has 0 bridgehead atoms. The zero-order valence-electron chi connectivity index (χ0n) is 10.8. The van der Waals surface area contributed by atoms with Gasteiger partial charge in [-0.05, 0) is 23.8 Å². The Morgan fingerprint density at radius 3 is 2.75 bits per heavy atom. The van der Waals surface area contributed by atoms with Crippen LogP contribution in [0.5, 0.6) is 0 Å². The van der Waals surface area contributed by atoms with Gasteiger partial charge in [-0.15, -0.1) is 0 Å². The van der Waals surface area contributed by atoms with Crippen molar-refractivity contribution in [2.24, 2.45) is 0 Å². The lowest BCUT2D eigenvalue weighted by Crippen LogP contribution is -2.23. The van der Waals surface area contributed by atoms with Crippen molar-refractivity contribution in [2.75, 3.05) is 12.4 Å².